The molecule has 0 spiro atoms. The smallest absolute Gasteiger partial charge is 0.269 e. The molecule has 186 valence electrons. The minimum absolute atomic E-state index is 0.0537. The number of hydrogen-bond acceptors (Lipinski definition) is 6. The van der Waals surface area contributed by atoms with E-state index < -0.39 is 0 Å². The molecule has 2 aromatic carbocycles. The van der Waals surface area contributed by atoms with Crippen molar-refractivity contribution in [1.29, 1.82) is 0 Å². The Morgan fingerprint density at radius 3 is 2.36 bits per heavy atom. The van der Waals surface area contributed by atoms with Crippen LogP contribution in [0.15, 0.2) is 48.5 Å². The predicted octanol–water partition coefficient (Wildman–Crippen LogP) is 5.03. The first-order valence-corrected chi connectivity index (χ1v) is 12.7. The Morgan fingerprint density at radius 1 is 1.06 bits per heavy atom. The number of aromatic nitrogens is 2. The van der Waals surface area contributed by atoms with E-state index in [1.807, 2.05) is 17.0 Å². The van der Waals surface area contributed by atoms with Gasteiger partial charge in [0.2, 0.25) is 0 Å². The largest absolute Gasteiger partial charge is 0.353 e. The standard InChI is InChI=1S/C27H28ClN5O3/c1-2-24-22(17-18-7-11-20(12-8-18)33(35)36)26(30-25(29-24)19-9-10-19)31-13-15-32(16-14-31)27(34)21-5-3-4-6-23(21)28/h3-8,11-12,19H,2,9-10,13-17H2,1H3. The number of nitrogens with zero attached hydrogens (tertiary/aromatic N) is 5. The van der Waals surface area contributed by atoms with Gasteiger partial charge in [-0.25, -0.2) is 9.97 Å². The number of nitro groups is 1. The molecule has 0 unspecified atom stereocenters. The van der Waals surface area contributed by atoms with Gasteiger partial charge >= 0.3 is 0 Å². The van der Waals surface area contributed by atoms with E-state index in [0.717, 1.165) is 47.7 Å². The molecular weight excluding hydrogens is 478 g/mol. The summed E-state index contributed by atoms with van der Waals surface area (Å²) in [7, 11) is 0. The van der Waals surface area contributed by atoms with Crippen molar-refractivity contribution in [3.05, 3.63) is 91.9 Å². The maximum atomic E-state index is 13.0. The molecule has 3 aromatic rings. The number of amides is 1. The summed E-state index contributed by atoms with van der Waals surface area (Å²) in [4.78, 5) is 37.8. The zero-order valence-electron chi connectivity index (χ0n) is 20.2. The maximum absolute atomic E-state index is 13.0. The number of halogens is 1. The third kappa shape index (κ3) is 5.04. The van der Waals surface area contributed by atoms with E-state index in [4.69, 9.17) is 21.6 Å². The molecule has 1 saturated carbocycles. The van der Waals surface area contributed by atoms with Crippen molar-refractivity contribution in [3.8, 4) is 0 Å². The van der Waals surface area contributed by atoms with Crippen LogP contribution >= 0.6 is 11.6 Å². The van der Waals surface area contributed by atoms with E-state index in [1.165, 1.54) is 0 Å². The number of aryl methyl sites for hydroxylation is 1. The molecule has 0 N–H and O–H groups in total. The summed E-state index contributed by atoms with van der Waals surface area (Å²) in [5, 5.41) is 11.5. The Morgan fingerprint density at radius 2 is 1.75 bits per heavy atom. The Bertz CT molecular complexity index is 1290. The lowest BCUT2D eigenvalue weighted by molar-refractivity contribution is -0.384. The Labute approximate surface area is 215 Å². The fourth-order valence-corrected chi connectivity index (χ4v) is 4.88. The molecule has 0 bridgehead atoms. The third-order valence-electron chi connectivity index (χ3n) is 6.86. The number of non-ortho nitro benzene ring substituents is 1. The summed E-state index contributed by atoms with van der Waals surface area (Å²) in [6.45, 7) is 4.57. The lowest BCUT2D eigenvalue weighted by atomic mass is 10.0. The first-order valence-electron chi connectivity index (χ1n) is 12.4. The molecule has 1 aromatic heterocycles. The first-order chi connectivity index (χ1) is 17.4. The van der Waals surface area contributed by atoms with Crippen molar-refractivity contribution in [2.75, 3.05) is 31.1 Å². The van der Waals surface area contributed by atoms with Crippen LogP contribution in [0.1, 0.15) is 58.7 Å². The number of rotatable bonds is 7. The van der Waals surface area contributed by atoms with Crippen LogP contribution < -0.4 is 4.90 Å². The van der Waals surface area contributed by atoms with E-state index in [2.05, 4.69) is 11.8 Å². The minimum Gasteiger partial charge on any atom is -0.353 e. The number of piperazine rings is 1. The van der Waals surface area contributed by atoms with Crippen molar-refractivity contribution in [2.45, 2.75) is 38.5 Å². The number of anilines is 1. The molecule has 2 fully saturated rings. The van der Waals surface area contributed by atoms with Crippen LogP contribution in [0.5, 0.6) is 0 Å². The fourth-order valence-electron chi connectivity index (χ4n) is 4.66. The molecule has 0 atom stereocenters. The molecule has 0 radical (unpaired) electrons. The normalized spacial score (nSPS) is 15.7. The number of nitro benzene ring substituents is 1. The highest BCUT2D eigenvalue weighted by atomic mass is 35.5. The summed E-state index contributed by atoms with van der Waals surface area (Å²) >= 11 is 6.26. The van der Waals surface area contributed by atoms with Gasteiger partial charge < -0.3 is 9.80 Å². The summed E-state index contributed by atoms with van der Waals surface area (Å²) in [6, 6.07) is 13.8. The van der Waals surface area contributed by atoms with Gasteiger partial charge in [-0.05, 0) is 37.0 Å². The Balaban J connectivity index is 1.41. The molecule has 36 heavy (non-hydrogen) atoms. The topological polar surface area (TPSA) is 92.5 Å². The van der Waals surface area contributed by atoms with Crippen molar-refractivity contribution >= 4 is 29.0 Å². The van der Waals surface area contributed by atoms with Crippen LogP contribution in [0.4, 0.5) is 11.5 Å². The molecule has 5 rings (SSSR count). The van der Waals surface area contributed by atoms with E-state index in [-0.39, 0.29) is 16.5 Å². The van der Waals surface area contributed by atoms with Gasteiger partial charge in [0, 0.05) is 61.9 Å². The van der Waals surface area contributed by atoms with Crippen LogP contribution in [-0.2, 0) is 12.8 Å². The summed E-state index contributed by atoms with van der Waals surface area (Å²) in [5.41, 5.74) is 3.66. The molecule has 1 aliphatic heterocycles. The van der Waals surface area contributed by atoms with Crippen molar-refractivity contribution in [2.24, 2.45) is 0 Å². The van der Waals surface area contributed by atoms with Crippen LogP contribution in [0, 0.1) is 10.1 Å². The summed E-state index contributed by atoms with van der Waals surface area (Å²) in [6.07, 6.45) is 3.61. The van der Waals surface area contributed by atoms with Crippen LogP contribution in [0.25, 0.3) is 0 Å². The average molecular weight is 506 g/mol. The highest BCUT2D eigenvalue weighted by Gasteiger charge is 2.31. The van der Waals surface area contributed by atoms with Gasteiger partial charge in [-0.3, -0.25) is 14.9 Å². The second kappa shape index (κ2) is 10.2. The lowest BCUT2D eigenvalue weighted by Crippen LogP contribution is -2.49. The lowest BCUT2D eigenvalue weighted by Gasteiger charge is -2.37. The summed E-state index contributed by atoms with van der Waals surface area (Å²) in [5.74, 6) is 2.20. The van der Waals surface area contributed by atoms with Gasteiger partial charge in [-0.1, -0.05) is 42.8 Å². The van der Waals surface area contributed by atoms with Gasteiger partial charge in [-0.2, -0.15) is 0 Å². The van der Waals surface area contributed by atoms with E-state index in [1.54, 1.807) is 36.4 Å². The molecule has 2 heterocycles. The van der Waals surface area contributed by atoms with E-state index in [9.17, 15) is 14.9 Å². The molecule has 8 nitrogen and oxygen atoms in total. The third-order valence-corrected chi connectivity index (χ3v) is 7.19. The highest BCUT2D eigenvalue weighted by molar-refractivity contribution is 6.33. The van der Waals surface area contributed by atoms with Gasteiger partial charge in [-0.15, -0.1) is 0 Å². The van der Waals surface area contributed by atoms with Crippen molar-refractivity contribution < 1.29 is 9.72 Å². The zero-order chi connectivity index (χ0) is 25.2. The molecule has 1 aliphatic carbocycles. The first kappa shape index (κ1) is 24.2. The van der Waals surface area contributed by atoms with Gasteiger partial charge in [0.15, 0.2) is 0 Å². The molecular formula is C27H28ClN5O3. The van der Waals surface area contributed by atoms with E-state index in [0.29, 0.717) is 49.1 Å². The highest BCUT2D eigenvalue weighted by Crippen LogP contribution is 2.40. The van der Waals surface area contributed by atoms with Crippen LogP contribution in [0.3, 0.4) is 0 Å². The average Bonchev–Trinajstić information content (AvgIpc) is 3.75. The van der Waals surface area contributed by atoms with Crippen LogP contribution in [-0.4, -0.2) is 51.9 Å². The fraction of sp³-hybridized carbons (Fsp3) is 0.370. The zero-order valence-corrected chi connectivity index (χ0v) is 20.9. The van der Waals surface area contributed by atoms with Crippen LogP contribution in [0.2, 0.25) is 5.02 Å². The molecule has 1 amide bonds. The number of carbonyl (C=O) groups excluding carboxylic acids is 1. The molecule has 2 aliphatic rings. The SMILES string of the molecule is CCc1nc(C2CC2)nc(N2CCN(C(=O)c3ccccc3Cl)CC2)c1Cc1ccc([N+](=O)[O-])cc1. The van der Waals surface area contributed by atoms with Crippen molar-refractivity contribution in [3.63, 3.8) is 0 Å². The maximum Gasteiger partial charge on any atom is 0.269 e. The number of hydrogen-bond donors (Lipinski definition) is 0. The monoisotopic (exact) mass is 505 g/mol. The van der Waals surface area contributed by atoms with E-state index >= 15 is 0 Å². The minimum atomic E-state index is -0.385. The van der Waals surface area contributed by atoms with Gasteiger partial charge in [0.05, 0.1) is 15.5 Å². The number of carbonyl (C=O) groups is 1. The Kier molecular flexibility index (Phi) is 6.87. The van der Waals surface area contributed by atoms with Crippen molar-refractivity contribution in [1.82, 2.24) is 14.9 Å². The number of benzene rings is 2. The second-order valence-corrected chi connectivity index (χ2v) is 9.73. The molecule has 9 heteroatoms. The predicted molar refractivity (Wildman–Crippen MR) is 139 cm³/mol. The second-order valence-electron chi connectivity index (χ2n) is 9.32. The Hall–Kier alpha value is -3.52. The molecule has 1 saturated heterocycles. The summed E-state index contributed by atoms with van der Waals surface area (Å²) < 4.78 is 0. The van der Waals surface area contributed by atoms with Gasteiger partial charge in [0.25, 0.3) is 11.6 Å². The van der Waals surface area contributed by atoms with Gasteiger partial charge in [0.1, 0.15) is 11.6 Å². The quantitative estimate of drug-likeness (QED) is 0.330.